The van der Waals surface area contributed by atoms with Crippen LogP contribution in [0.2, 0.25) is 5.02 Å². The summed E-state index contributed by atoms with van der Waals surface area (Å²) in [6.45, 7) is 0.945. The lowest BCUT2D eigenvalue weighted by molar-refractivity contribution is 0.146. The molecule has 0 saturated heterocycles. The van der Waals surface area contributed by atoms with E-state index in [0.717, 1.165) is 0 Å². The lowest BCUT2D eigenvalue weighted by atomic mass is 10.2. The van der Waals surface area contributed by atoms with Crippen LogP contribution < -0.4 is 10.5 Å². The first-order chi connectivity index (χ1) is 7.15. The van der Waals surface area contributed by atoms with Gasteiger partial charge in [-0.25, -0.2) is 0 Å². The van der Waals surface area contributed by atoms with E-state index in [2.05, 4.69) is 0 Å². The molecule has 5 heteroatoms. The SMILES string of the molecule is COCCOc1ccc(C(=N)N)cc1Cl. The lowest BCUT2D eigenvalue weighted by Gasteiger charge is -2.08. The summed E-state index contributed by atoms with van der Waals surface area (Å²) < 4.78 is 10.2. The molecule has 0 atom stereocenters. The van der Waals surface area contributed by atoms with E-state index in [-0.39, 0.29) is 5.84 Å². The average molecular weight is 229 g/mol. The van der Waals surface area contributed by atoms with Crippen molar-refractivity contribution in [3.05, 3.63) is 28.8 Å². The van der Waals surface area contributed by atoms with Crippen molar-refractivity contribution in [1.29, 1.82) is 5.41 Å². The topological polar surface area (TPSA) is 68.3 Å². The minimum atomic E-state index is -0.0136. The van der Waals surface area contributed by atoms with Gasteiger partial charge in [0.1, 0.15) is 18.2 Å². The maximum absolute atomic E-state index is 7.23. The van der Waals surface area contributed by atoms with E-state index in [4.69, 9.17) is 32.2 Å². The van der Waals surface area contributed by atoms with Crippen molar-refractivity contribution >= 4 is 17.4 Å². The summed E-state index contributed by atoms with van der Waals surface area (Å²) in [6, 6.07) is 4.98. The first kappa shape index (κ1) is 11.8. The number of benzene rings is 1. The second-order valence-corrected chi connectivity index (χ2v) is 3.31. The van der Waals surface area contributed by atoms with E-state index in [1.54, 1.807) is 25.3 Å². The fourth-order valence-electron chi connectivity index (χ4n) is 1.02. The van der Waals surface area contributed by atoms with E-state index in [9.17, 15) is 0 Å². The molecule has 0 aliphatic rings. The standard InChI is InChI=1S/C10H13ClN2O2/c1-14-4-5-15-9-3-2-7(10(12)13)6-8(9)11/h2-3,6H,4-5H2,1H3,(H3,12,13). The number of amidine groups is 1. The zero-order valence-electron chi connectivity index (χ0n) is 8.42. The molecular weight excluding hydrogens is 216 g/mol. The van der Waals surface area contributed by atoms with Crippen molar-refractivity contribution in [2.24, 2.45) is 5.73 Å². The number of hydrogen-bond acceptors (Lipinski definition) is 3. The summed E-state index contributed by atoms with van der Waals surface area (Å²) in [6.07, 6.45) is 0. The van der Waals surface area contributed by atoms with Crippen LogP contribution in [0.25, 0.3) is 0 Å². The number of ether oxygens (including phenoxy) is 2. The predicted octanol–water partition coefficient (Wildman–Crippen LogP) is 1.65. The molecule has 0 aliphatic heterocycles. The van der Waals surface area contributed by atoms with E-state index >= 15 is 0 Å². The van der Waals surface area contributed by atoms with Crippen LogP contribution in [0.1, 0.15) is 5.56 Å². The molecular formula is C10H13ClN2O2. The van der Waals surface area contributed by atoms with Crippen LogP contribution >= 0.6 is 11.6 Å². The molecule has 1 aromatic carbocycles. The molecule has 82 valence electrons. The number of hydrogen-bond donors (Lipinski definition) is 2. The van der Waals surface area contributed by atoms with Gasteiger partial charge >= 0.3 is 0 Å². The van der Waals surface area contributed by atoms with Crippen LogP contribution in [0.4, 0.5) is 0 Å². The molecule has 15 heavy (non-hydrogen) atoms. The molecule has 0 heterocycles. The summed E-state index contributed by atoms with van der Waals surface area (Å²) in [5, 5.41) is 7.67. The van der Waals surface area contributed by atoms with Crippen molar-refractivity contribution < 1.29 is 9.47 Å². The van der Waals surface area contributed by atoms with E-state index in [1.165, 1.54) is 0 Å². The lowest BCUT2D eigenvalue weighted by Crippen LogP contribution is -2.11. The summed E-state index contributed by atoms with van der Waals surface area (Å²) in [5.41, 5.74) is 5.90. The normalized spacial score (nSPS) is 10.0. The second-order valence-electron chi connectivity index (χ2n) is 2.90. The molecule has 0 aliphatic carbocycles. The summed E-state index contributed by atoms with van der Waals surface area (Å²) in [4.78, 5) is 0. The third kappa shape index (κ3) is 3.42. The Balaban J connectivity index is 2.70. The Labute approximate surface area is 93.4 Å². The maximum Gasteiger partial charge on any atom is 0.138 e. The highest BCUT2D eigenvalue weighted by molar-refractivity contribution is 6.32. The Morgan fingerprint density at radius 1 is 1.47 bits per heavy atom. The maximum atomic E-state index is 7.23. The van der Waals surface area contributed by atoms with Crippen molar-refractivity contribution in [3.63, 3.8) is 0 Å². The van der Waals surface area contributed by atoms with Crippen LogP contribution in [-0.2, 0) is 4.74 Å². The predicted molar refractivity (Wildman–Crippen MR) is 59.8 cm³/mol. The summed E-state index contributed by atoms with van der Waals surface area (Å²) in [7, 11) is 1.60. The summed E-state index contributed by atoms with van der Waals surface area (Å²) in [5.74, 6) is 0.555. The van der Waals surface area contributed by atoms with Gasteiger partial charge in [-0.1, -0.05) is 11.6 Å². The largest absolute Gasteiger partial charge is 0.490 e. The van der Waals surface area contributed by atoms with Crippen molar-refractivity contribution in [2.75, 3.05) is 20.3 Å². The summed E-state index contributed by atoms with van der Waals surface area (Å²) >= 11 is 5.93. The Bertz CT molecular complexity index is 355. The van der Waals surface area contributed by atoms with E-state index < -0.39 is 0 Å². The minimum Gasteiger partial charge on any atom is -0.490 e. The first-order valence-electron chi connectivity index (χ1n) is 4.41. The third-order valence-corrected chi connectivity index (χ3v) is 2.08. The van der Waals surface area contributed by atoms with Gasteiger partial charge in [0.25, 0.3) is 0 Å². The fraction of sp³-hybridized carbons (Fsp3) is 0.300. The quantitative estimate of drug-likeness (QED) is 0.458. The number of methoxy groups -OCH3 is 1. The highest BCUT2D eigenvalue weighted by atomic mass is 35.5. The smallest absolute Gasteiger partial charge is 0.138 e. The van der Waals surface area contributed by atoms with Gasteiger partial charge < -0.3 is 15.2 Å². The monoisotopic (exact) mass is 228 g/mol. The highest BCUT2D eigenvalue weighted by Gasteiger charge is 2.04. The van der Waals surface area contributed by atoms with Crippen molar-refractivity contribution in [3.8, 4) is 5.75 Å². The molecule has 0 saturated carbocycles. The van der Waals surface area contributed by atoms with Gasteiger partial charge in [0.05, 0.1) is 11.6 Å². The van der Waals surface area contributed by atoms with Gasteiger partial charge in [-0.2, -0.15) is 0 Å². The number of halogens is 1. The molecule has 0 spiro atoms. The Kier molecular flexibility index (Phi) is 4.39. The van der Waals surface area contributed by atoms with E-state index in [0.29, 0.717) is 29.5 Å². The van der Waals surface area contributed by atoms with Gasteiger partial charge in [0.2, 0.25) is 0 Å². The number of rotatable bonds is 5. The minimum absolute atomic E-state index is 0.0136. The Hall–Kier alpha value is -1.26. The Morgan fingerprint density at radius 2 is 2.20 bits per heavy atom. The van der Waals surface area contributed by atoms with Crippen LogP contribution in [0.3, 0.4) is 0 Å². The fourth-order valence-corrected chi connectivity index (χ4v) is 1.26. The van der Waals surface area contributed by atoms with E-state index in [1.807, 2.05) is 0 Å². The molecule has 3 N–H and O–H groups in total. The molecule has 1 rings (SSSR count). The number of nitrogen functional groups attached to an aromatic ring is 1. The van der Waals surface area contributed by atoms with Gasteiger partial charge in [-0.15, -0.1) is 0 Å². The molecule has 0 unspecified atom stereocenters. The number of nitrogens with two attached hydrogens (primary N) is 1. The molecule has 1 aromatic rings. The number of nitrogens with one attached hydrogen (secondary N) is 1. The molecule has 4 nitrogen and oxygen atoms in total. The van der Waals surface area contributed by atoms with Crippen LogP contribution in [0.5, 0.6) is 5.75 Å². The zero-order valence-corrected chi connectivity index (χ0v) is 9.17. The van der Waals surface area contributed by atoms with Gasteiger partial charge in [0.15, 0.2) is 0 Å². The van der Waals surface area contributed by atoms with Crippen LogP contribution in [0, 0.1) is 5.41 Å². The first-order valence-corrected chi connectivity index (χ1v) is 4.78. The average Bonchev–Trinajstić information content (AvgIpc) is 2.20. The van der Waals surface area contributed by atoms with Gasteiger partial charge in [-0.05, 0) is 18.2 Å². The molecule has 0 bridgehead atoms. The second kappa shape index (κ2) is 5.58. The van der Waals surface area contributed by atoms with Crippen molar-refractivity contribution in [2.45, 2.75) is 0 Å². The highest BCUT2D eigenvalue weighted by Crippen LogP contribution is 2.25. The molecule has 0 radical (unpaired) electrons. The zero-order chi connectivity index (χ0) is 11.3. The molecule has 0 aromatic heterocycles. The van der Waals surface area contributed by atoms with Gasteiger partial charge in [0, 0.05) is 12.7 Å². The molecule has 0 amide bonds. The van der Waals surface area contributed by atoms with Gasteiger partial charge in [-0.3, -0.25) is 5.41 Å². The Morgan fingerprint density at radius 3 is 2.73 bits per heavy atom. The van der Waals surface area contributed by atoms with Crippen molar-refractivity contribution in [1.82, 2.24) is 0 Å². The van der Waals surface area contributed by atoms with Crippen LogP contribution in [-0.4, -0.2) is 26.2 Å². The molecule has 0 fully saturated rings. The third-order valence-electron chi connectivity index (χ3n) is 1.79. The van der Waals surface area contributed by atoms with Crippen LogP contribution in [0.15, 0.2) is 18.2 Å².